The van der Waals surface area contributed by atoms with Gasteiger partial charge < -0.3 is 4.57 Å². The maximum Gasteiger partial charge on any atom is 0.0726 e. The minimum atomic E-state index is 1.15. The molecule has 234 valence electrons. The lowest BCUT2D eigenvalue weighted by molar-refractivity contribution is 1.19. The Morgan fingerprint density at radius 1 is 0.440 bits per heavy atom. The summed E-state index contributed by atoms with van der Waals surface area (Å²) in [5, 5.41) is 7.87. The Morgan fingerprint density at radius 2 is 1.04 bits per heavy atom. The van der Waals surface area contributed by atoms with Crippen molar-refractivity contribution in [1.29, 1.82) is 0 Å². The van der Waals surface area contributed by atoms with Gasteiger partial charge in [-0.1, -0.05) is 152 Å². The van der Waals surface area contributed by atoms with Crippen molar-refractivity contribution < 1.29 is 0 Å². The van der Waals surface area contributed by atoms with E-state index in [1.54, 1.807) is 0 Å². The lowest BCUT2D eigenvalue weighted by Gasteiger charge is -2.15. The highest BCUT2D eigenvalue weighted by molar-refractivity contribution is 7.27. The first-order valence-electron chi connectivity index (χ1n) is 17.1. The number of aromatic nitrogens is 1. The van der Waals surface area contributed by atoms with E-state index in [0.29, 0.717) is 0 Å². The van der Waals surface area contributed by atoms with Gasteiger partial charge in [0.15, 0.2) is 0 Å². The fraction of sp³-hybridized carbons (Fsp3) is 0. The van der Waals surface area contributed by atoms with E-state index in [2.05, 4.69) is 193 Å². The summed E-state index contributed by atoms with van der Waals surface area (Å²) >= 11 is 1.91. The topological polar surface area (TPSA) is 4.93 Å². The summed E-state index contributed by atoms with van der Waals surface area (Å²) in [6.07, 6.45) is 11.3. The second-order valence-electron chi connectivity index (χ2n) is 12.9. The summed E-state index contributed by atoms with van der Waals surface area (Å²) in [5.74, 6) is 0. The molecule has 1 aliphatic carbocycles. The SMILES string of the molecule is C1=C(c2ccccc2)/C=C(c2cccc(-n3c4ccccc4c4c5ccccc5c5c6ccccc6sc5c43)c2)\C=C(c2ccccc2)/C=C/1. The number of hydrogen-bond donors (Lipinski definition) is 0. The Kier molecular flexibility index (Phi) is 6.75. The van der Waals surface area contributed by atoms with Gasteiger partial charge in [0.1, 0.15) is 0 Å². The molecule has 0 amide bonds. The Balaban J connectivity index is 1.26. The molecule has 2 heterocycles. The van der Waals surface area contributed by atoms with Crippen LogP contribution in [0.4, 0.5) is 0 Å². The van der Waals surface area contributed by atoms with E-state index in [4.69, 9.17) is 0 Å². The monoisotopic (exact) mass is 653 g/mol. The Labute approximate surface area is 294 Å². The number of para-hydroxylation sites is 1. The Morgan fingerprint density at radius 3 is 1.82 bits per heavy atom. The quantitative estimate of drug-likeness (QED) is 0.178. The molecule has 10 rings (SSSR count). The van der Waals surface area contributed by atoms with Gasteiger partial charge >= 0.3 is 0 Å². The smallest absolute Gasteiger partial charge is 0.0726 e. The van der Waals surface area contributed by atoms with E-state index >= 15 is 0 Å². The van der Waals surface area contributed by atoms with E-state index < -0.39 is 0 Å². The third kappa shape index (κ3) is 4.61. The van der Waals surface area contributed by atoms with Gasteiger partial charge in [-0.15, -0.1) is 11.3 Å². The molecular formula is C48H31NS. The van der Waals surface area contributed by atoms with Gasteiger partial charge in [-0.2, -0.15) is 0 Å². The van der Waals surface area contributed by atoms with Gasteiger partial charge in [-0.25, -0.2) is 0 Å². The Hall–Kier alpha value is -6.22. The van der Waals surface area contributed by atoms with Crippen LogP contribution in [0.1, 0.15) is 16.7 Å². The molecule has 1 nitrogen and oxygen atoms in total. The maximum atomic E-state index is 2.51. The van der Waals surface area contributed by atoms with Crippen molar-refractivity contribution in [3.8, 4) is 5.69 Å². The molecule has 7 aromatic carbocycles. The number of thiophene rings is 1. The summed E-state index contributed by atoms with van der Waals surface area (Å²) in [4.78, 5) is 0. The first kappa shape index (κ1) is 28.8. The number of fused-ring (bicyclic) bond motifs is 10. The van der Waals surface area contributed by atoms with E-state index in [0.717, 1.165) is 5.69 Å². The minimum absolute atomic E-state index is 1.15. The van der Waals surface area contributed by atoms with E-state index in [9.17, 15) is 0 Å². The molecule has 2 heteroatoms. The second kappa shape index (κ2) is 11.7. The summed E-state index contributed by atoms with van der Waals surface area (Å²) in [6, 6.07) is 57.2. The molecule has 1 aliphatic rings. The highest BCUT2D eigenvalue weighted by atomic mass is 32.1. The highest BCUT2D eigenvalue weighted by Crippen LogP contribution is 2.48. The van der Waals surface area contributed by atoms with Crippen molar-refractivity contribution >= 4 is 80.8 Å². The third-order valence-corrected chi connectivity index (χ3v) is 11.2. The minimum Gasteiger partial charge on any atom is -0.308 e. The molecule has 0 N–H and O–H groups in total. The largest absolute Gasteiger partial charge is 0.308 e. The van der Waals surface area contributed by atoms with Gasteiger partial charge in [0.05, 0.1) is 15.7 Å². The summed E-state index contributed by atoms with van der Waals surface area (Å²) in [7, 11) is 0. The molecule has 0 aliphatic heterocycles. The molecular weight excluding hydrogens is 623 g/mol. The van der Waals surface area contributed by atoms with Crippen LogP contribution in [0.2, 0.25) is 0 Å². The number of allylic oxidation sites excluding steroid dienone is 8. The van der Waals surface area contributed by atoms with Crippen molar-refractivity contribution in [2.75, 3.05) is 0 Å². The maximum absolute atomic E-state index is 2.51. The molecule has 50 heavy (non-hydrogen) atoms. The Bertz CT molecular complexity index is 2860. The van der Waals surface area contributed by atoms with E-state index in [1.165, 1.54) is 86.2 Å². The molecule has 0 saturated heterocycles. The van der Waals surface area contributed by atoms with Crippen molar-refractivity contribution in [3.63, 3.8) is 0 Å². The summed E-state index contributed by atoms with van der Waals surface area (Å²) in [5.41, 5.74) is 10.7. The van der Waals surface area contributed by atoms with Crippen LogP contribution in [0.3, 0.4) is 0 Å². The van der Waals surface area contributed by atoms with Gasteiger partial charge in [-0.05, 0) is 80.6 Å². The first-order valence-corrected chi connectivity index (χ1v) is 17.9. The van der Waals surface area contributed by atoms with Gasteiger partial charge in [0, 0.05) is 31.9 Å². The standard InChI is InChI=1S/C48H31NS/c1-3-15-32(16-4-1)34-19-13-20-35(33-17-5-2-6-18-33)30-37(29-34)36-21-14-22-38(31-36)49-43-27-11-9-25-41(43)45-39-23-7-8-24-40(39)46-42-26-10-12-28-44(42)50-48(46)47(45)49/h1-31H/b19-13+,20-13?,34-19?,34-29+,35-20-,35-30?,37-29?,37-30+. The average molecular weight is 654 g/mol. The van der Waals surface area contributed by atoms with Crippen LogP contribution in [0.5, 0.6) is 0 Å². The van der Waals surface area contributed by atoms with Crippen LogP contribution >= 0.6 is 11.3 Å². The zero-order chi connectivity index (χ0) is 33.0. The van der Waals surface area contributed by atoms with Crippen molar-refractivity contribution in [3.05, 3.63) is 205 Å². The van der Waals surface area contributed by atoms with Gasteiger partial charge in [0.2, 0.25) is 0 Å². The summed E-state index contributed by atoms with van der Waals surface area (Å²) < 4.78 is 5.16. The van der Waals surface area contributed by atoms with E-state index in [1.807, 2.05) is 11.3 Å². The van der Waals surface area contributed by atoms with Crippen molar-refractivity contribution in [2.24, 2.45) is 0 Å². The van der Waals surface area contributed by atoms with Gasteiger partial charge in [-0.3, -0.25) is 0 Å². The molecule has 0 fully saturated rings. The van der Waals surface area contributed by atoms with Crippen LogP contribution in [0.15, 0.2) is 188 Å². The molecule has 0 saturated carbocycles. The van der Waals surface area contributed by atoms with Crippen molar-refractivity contribution in [2.45, 2.75) is 0 Å². The highest BCUT2D eigenvalue weighted by Gasteiger charge is 2.22. The van der Waals surface area contributed by atoms with Crippen LogP contribution < -0.4 is 0 Å². The molecule has 0 unspecified atom stereocenters. The number of hydrogen-bond acceptors (Lipinski definition) is 1. The van der Waals surface area contributed by atoms with Crippen LogP contribution in [0, 0.1) is 0 Å². The molecule has 0 bridgehead atoms. The third-order valence-electron chi connectivity index (χ3n) is 9.98. The molecule has 0 atom stereocenters. The zero-order valence-electron chi connectivity index (χ0n) is 27.3. The molecule has 2 aromatic heterocycles. The van der Waals surface area contributed by atoms with Crippen LogP contribution in [0.25, 0.3) is 75.2 Å². The average Bonchev–Trinajstić information content (AvgIpc) is 3.73. The molecule has 9 aromatic rings. The van der Waals surface area contributed by atoms with E-state index in [-0.39, 0.29) is 0 Å². The normalized spacial score (nSPS) is 17.2. The fourth-order valence-electron chi connectivity index (χ4n) is 7.73. The lowest BCUT2D eigenvalue weighted by atomic mass is 9.93. The number of nitrogens with zero attached hydrogens (tertiary/aromatic N) is 1. The predicted molar refractivity (Wildman–Crippen MR) is 217 cm³/mol. The zero-order valence-corrected chi connectivity index (χ0v) is 28.1. The number of benzene rings is 7. The summed E-state index contributed by atoms with van der Waals surface area (Å²) in [6.45, 7) is 0. The van der Waals surface area contributed by atoms with Crippen LogP contribution in [-0.4, -0.2) is 4.57 Å². The van der Waals surface area contributed by atoms with Crippen LogP contribution in [-0.2, 0) is 0 Å². The fourth-order valence-corrected chi connectivity index (χ4v) is 8.99. The molecule has 0 radical (unpaired) electrons. The lowest BCUT2D eigenvalue weighted by Crippen LogP contribution is -1.96. The number of rotatable bonds is 4. The predicted octanol–water partition coefficient (Wildman–Crippen LogP) is 13.4. The first-order chi connectivity index (χ1) is 24.8. The second-order valence-corrected chi connectivity index (χ2v) is 13.9. The molecule has 0 spiro atoms. The van der Waals surface area contributed by atoms with Gasteiger partial charge in [0.25, 0.3) is 0 Å². The van der Waals surface area contributed by atoms with Crippen molar-refractivity contribution in [1.82, 2.24) is 4.57 Å².